The number of nitrogens with zero attached hydrogens (tertiary/aromatic N) is 2. The maximum absolute atomic E-state index is 12.5. The Bertz CT molecular complexity index is 959. The number of benzene rings is 2. The molecule has 0 saturated heterocycles. The van der Waals surface area contributed by atoms with Crippen molar-refractivity contribution in [2.24, 2.45) is 7.05 Å². The minimum absolute atomic E-state index is 0.154. The average Bonchev–Trinajstić information content (AvgIpc) is 2.95. The average molecular weight is 365 g/mol. The van der Waals surface area contributed by atoms with Crippen LogP contribution >= 0.6 is 0 Å². The highest BCUT2D eigenvalue weighted by atomic mass is 16.5. The molecule has 0 aliphatic heterocycles. The van der Waals surface area contributed by atoms with E-state index in [1.54, 1.807) is 6.92 Å². The standard InChI is InChI=1S/C22H27N3O2/c1-14(2)17-11-10-15(3)12-20(17)27-16(4)22(26)23-13-21-24-18-8-6-7-9-19(18)25(21)5/h6-12,14,16H,13H2,1-5H3,(H,23,26). The third-order valence-corrected chi connectivity index (χ3v) is 4.76. The molecule has 0 radical (unpaired) electrons. The first-order valence-electron chi connectivity index (χ1n) is 9.32. The number of ether oxygens (including phenoxy) is 1. The van der Waals surface area contributed by atoms with Crippen LogP contribution in [0, 0.1) is 6.92 Å². The molecule has 1 amide bonds. The van der Waals surface area contributed by atoms with Crippen LogP contribution in [0.3, 0.4) is 0 Å². The van der Waals surface area contributed by atoms with Gasteiger partial charge in [-0.1, -0.05) is 38.1 Å². The first kappa shape index (κ1) is 19.0. The van der Waals surface area contributed by atoms with Crippen LogP contribution in [0.25, 0.3) is 11.0 Å². The molecule has 0 bridgehead atoms. The summed E-state index contributed by atoms with van der Waals surface area (Å²) >= 11 is 0. The van der Waals surface area contributed by atoms with Crippen molar-refractivity contribution in [2.45, 2.75) is 46.3 Å². The third-order valence-electron chi connectivity index (χ3n) is 4.76. The van der Waals surface area contributed by atoms with E-state index in [1.165, 1.54) is 0 Å². The zero-order valence-electron chi connectivity index (χ0n) is 16.6. The lowest BCUT2D eigenvalue weighted by Gasteiger charge is -2.19. The number of carbonyl (C=O) groups excluding carboxylic acids is 1. The highest BCUT2D eigenvalue weighted by molar-refractivity contribution is 5.81. The Balaban J connectivity index is 1.67. The minimum Gasteiger partial charge on any atom is -0.481 e. The summed E-state index contributed by atoms with van der Waals surface area (Å²) in [6.45, 7) is 8.40. The molecule has 1 atom stereocenters. The number of para-hydroxylation sites is 2. The molecule has 3 rings (SSSR count). The van der Waals surface area contributed by atoms with Crippen molar-refractivity contribution in [2.75, 3.05) is 0 Å². The van der Waals surface area contributed by atoms with Gasteiger partial charge in [0, 0.05) is 7.05 Å². The van der Waals surface area contributed by atoms with Crippen molar-refractivity contribution in [1.29, 1.82) is 0 Å². The monoisotopic (exact) mass is 365 g/mol. The van der Waals surface area contributed by atoms with Gasteiger partial charge in [-0.3, -0.25) is 4.79 Å². The largest absolute Gasteiger partial charge is 0.481 e. The summed E-state index contributed by atoms with van der Waals surface area (Å²) in [7, 11) is 1.96. The van der Waals surface area contributed by atoms with Crippen molar-refractivity contribution in [3.63, 3.8) is 0 Å². The van der Waals surface area contributed by atoms with Gasteiger partial charge in [-0.2, -0.15) is 0 Å². The number of fused-ring (bicyclic) bond motifs is 1. The number of hydrogen-bond donors (Lipinski definition) is 1. The maximum Gasteiger partial charge on any atom is 0.261 e. The SMILES string of the molecule is Cc1ccc(C(C)C)c(OC(C)C(=O)NCc2nc3ccccc3n2C)c1. The zero-order chi connectivity index (χ0) is 19.6. The number of hydrogen-bond acceptors (Lipinski definition) is 3. The van der Waals surface area contributed by atoms with E-state index in [4.69, 9.17) is 4.74 Å². The van der Waals surface area contributed by atoms with Crippen LogP contribution in [0.1, 0.15) is 43.6 Å². The van der Waals surface area contributed by atoms with E-state index in [1.807, 2.05) is 48.9 Å². The molecule has 1 N–H and O–H groups in total. The van der Waals surface area contributed by atoms with Gasteiger partial charge < -0.3 is 14.6 Å². The van der Waals surface area contributed by atoms with Gasteiger partial charge in [0.15, 0.2) is 6.10 Å². The highest BCUT2D eigenvalue weighted by Crippen LogP contribution is 2.28. The summed E-state index contributed by atoms with van der Waals surface area (Å²) < 4.78 is 7.99. The van der Waals surface area contributed by atoms with Crippen LogP contribution in [0.15, 0.2) is 42.5 Å². The van der Waals surface area contributed by atoms with Crippen LogP contribution in [-0.4, -0.2) is 21.6 Å². The van der Waals surface area contributed by atoms with E-state index in [9.17, 15) is 4.79 Å². The molecule has 27 heavy (non-hydrogen) atoms. The van der Waals surface area contributed by atoms with Gasteiger partial charge in [-0.15, -0.1) is 0 Å². The highest BCUT2D eigenvalue weighted by Gasteiger charge is 2.18. The van der Waals surface area contributed by atoms with Crippen LogP contribution in [0.5, 0.6) is 5.75 Å². The number of amides is 1. The molecular weight excluding hydrogens is 338 g/mol. The molecule has 1 heterocycles. The fourth-order valence-electron chi connectivity index (χ4n) is 3.13. The number of aromatic nitrogens is 2. The summed E-state index contributed by atoms with van der Waals surface area (Å²) in [5.41, 5.74) is 4.19. The van der Waals surface area contributed by atoms with E-state index in [0.717, 1.165) is 33.7 Å². The Labute approximate surface area is 160 Å². The van der Waals surface area contributed by atoms with Gasteiger partial charge in [-0.05, 0) is 49.1 Å². The molecule has 1 unspecified atom stereocenters. The normalized spacial score (nSPS) is 12.4. The molecule has 0 aliphatic carbocycles. The smallest absolute Gasteiger partial charge is 0.261 e. The molecule has 5 nitrogen and oxygen atoms in total. The molecule has 142 valence electrons. The topological polar surface area (TPSA) is 56.1 Å². The maximum atomic E-state index is 12.5. The first-order chi connectivity index (χ1) is 12.9. The van der Waals surface area contributed by atoms with Crippen molar-refractivity contribution in [3.8, 4) is 5.75 Å². The lowest BCUT2D eigenvalue weighted by atomic mass is 10.0. The second-order valence-electron chi connectivity index (χ2n) is 7.25. The number of rotatable bonds is 6. The summed E-state index contributed by atoms with van der Waals surface area (Å²) in [6.07, 6.45) is -0.584. The fourth-order valence-corrected chi connectivity index (χ4v) is 3.13. The van der Waals surface area contributed by atoms with Gasteiger partial charge in [0.25, 0.3) is 5.91 Å². The minimum atomic E-state index is -0.584. The van der Waals surface area contributed by atoms with Crippen LogP contribution in [-0.2, 0) is 18.4 Å². The van der Waals surface area contributed by atoms with Gasteiger partial charge in [0.1, 0.15) is 11.6 Å². The quantitative estimate of drug-likeness (QED) is 0.716. The molecule has 0 fully saturated rings. The predicted octanol–water partition coefficient (Wildman–Crippen LogP) is 4.09. The van der Waals surface area contributed by atoms with Gasteiger partial charge in [0.2, 0.25) is 0 Å². The summed E-state index contributed by atoms with van der Waals surface area (Å²) in [4.78, 5) is 17.1. The zero-order valence-corrected chi connectivity index (χ0v) is 16.6. The molecule has 2 aromatic carbocycles. The lowest BCUT2D eigenvalue weighted by Crippen LogP contribution is -2.36. The molecule has 3 aromatic rings. The van der Waals surface area contributed by atoms with Crippen molar-refractivity contribution in [3.05, 3.63) is 59.4 Å². The van der Waals surface area contributed by atoms with E-state index < -0.39 is 6.10 Å². The Morgan fingerprint density at radius 1 is 1.19 bits per heavy atom. The van der Waals surface area contributed by atoms with Crippen LogP contribution in [0.4, 0.5) is 0 Å². The Kier molecular flexibility index (Phi) is 5.49. The van der Waals surface area contributed by atoms with E-state index in [2.05, 4.69) is 36.3 Å². The van der Waals surface area contributed by atoms with E-state index in [0.29, 0.717) is 12.5 Å². The summed E-state index contributed by atoms with van der Waals surface area (Å²) in [5.74, 6) is 1.76. The number of imidazole rings is 1. The number of nitrogens with one attached hydrogen (secondary N) is 1. The number of aryl methyl sites for hydroxylation is 2. The first-order valence-corrected chi connectivity index (χ1v) is 9.32. The van der Waals surface area contributed by atoms with E-state index in [-0.39, 0.29) is 5.91 Å². The molecule has 0 saturated carbocycles. The predicted molar refractivity (Wildman–Crippen MR) is 108 cm³/mol. The Morgan fingerprint density at radius 3 is 2.63 bits per heavy atom. The van der Waals surface area contributed by atoms with Gasteiger partial charge >= 0.3 is 0 Å². The van der Waals surface area contributed by atoms with Crippen LogP contribution in [0.2, 0.25) is 0 Å². The third kappa shape index (κ3) is 4.13. The summed E-state index contributed by atoms with van der Waals surface area (Å²) in [6, 6.07) is 14.1. The summed E-state index contributed by atoms with van der Waals surface area (Å²) in [5, 5.41) is 2.94. The molecule has 1 aromatic heterocycles. The molecule has 0 aliphatic rings. The lowest BCUT2D eigenvalue weighted by molar-refractivity contribution is -0.127. The number of carbonyl (C=O) groups is 1. The second kappa shape index (κ2) is 7.82. The fraction of sp³-hybridized carbons (Fsp3) is 0.364. The molecule has 0 spiro atoms. The van der Waals surface area contributed by atoms with Crippen molar-refractivity contribution in [1.82, 2.24) is 14.9 Å². The van der Waals surface area contributed by atoms with Crippen molar-refractivity contribution < 1.29 is 9.53 Å². The van der Waals surface area contributed by atoms with Crippen LogP contribution < -0.4 is 10.1 Å². The van der Waals surface area contributed by atoms with E-state index >= 15 is 0 Å². The molecule has 5 heteroatoms. The van der Waals surface area contributed by atoms with Gasteiger partial charge in [-0.25, -0.2) is 4.98 Å². The Morgan fingerprint density at radius 2 is 1.93 bits per heavy atom. The van der Waals surface area contributed by atoms with Crippen molar-refractivity contribution >= 4 is 16.9 Å². The van der Waals surface area contributed by atoms with Gasteiger partial charge in [0.05, 0.1) is 17.6 Å². The second-order valence-corrected chi connectivity index (χ2v) is 7.25. The molecular formula is C22H27N3O2. The Hall–Kier alpha value is -2.82.